The lowest BCUT2D eigenvalue weighted by Crippen LogP contribution is -2.20. The van der Waals surface area contributed by atoms with Gasteiger partial charge in [0, 0.05) is 6.20 Å². The van der Waals surface area contributed by atoms with Crippen LogP contribution in [0.25, 0.3) is 0 Å². The van der Waals surface area contributed by atoms with Crippen molar-refractivity contribution in [2.75, 3.05) is 6.61 Å². The molecule has 0 amide bonds. The van der Waals surface area contributed by atoms with Crippen LogP contribution in [-0.4, -0.2) is 23.9 Å². The van der Waals surface area contributed by atoms with E-state index in [1.54, 1.807) is 19.9 Å². The van der Waals surface area contributed by atoms with Gasteiger partial charge in [-0.25, -0.2) is 4.98 Å². The number of nitrogens with zero attached hydrogens (tertiary/aromatic N) is 1. The summed E-state index contributed by atoms with van der Waals surface area (Å²) in [5, 5.41) is 0. The van der Waals surface area contributed by atoms with Crippen LogP contribution in [0.2, 0.25) is 0 Å². The molecule has 0 atom stereocenters. The van der Waals surface area contributed by atoms with E-state index in [0.717, 1.165) is 0 Å². The summed E-state index contributed by atoms with van der Waals surface area (Å²) in [4.78, 5) is 3.69. The summed E-state index contributed by atoms with van der Waals surface area (Å²) in [5.41, 5.74) is 0. The van der Waals surface area contributed by atoms with E-state index < -0.39 is 12.8 Å². The molecule has 0 fully saturated rings. The molecule has 0 unspecified atom stereocenters. The molecule has 0 radical (unpaired) electrons. The van der Waals surface area contributed by atoms with Crippen LogP contribution in [0.5, 0.6) is 11.6 Å². The normalized spacial score (nSPS) is 11.6. The highest BCUT2D eigenvalue weighted by molar-refractivity contribution is 5.32. The Kier molecular flexibility index (Phi) is 3.98. The number of pyridine rings is 1. The van der Waals surface area contributed by atoms with E-state index in [2.05, 4.69) is 9.72 Å². The lowest BCUT2D eigenvalue weighted by molar-refractivity contribution is -0.154. The zero-order valence-electron chi connectivity index (χ0n) is 8.91. The third kappa shape index (κ3) is 4.37. The largest absolute Gasteiger partial charge is 0.485 e. The number of alkyl halides is 3. The van der Waals surface area contributed by atoms with Gasteiger partial charge in [-0.3, -0.25) is 0 Å². The van der Waals surface area contributed by atoms with Crippen LogP contribution in [0.1, 0.15) is 13.8 Å². The van der Waals surface area contributed by atoms with E-state index in [9.17, 15) is 13.2 Å². The molecule has 0 saturated heterocycles. The van der Waals surface area contributed by atoms with Gasteiger partial charge in [0.05, 0.1) is 6.10 Å². The highest BCUT2D eigenvalue weighted by Crippen LogP contribution is 2.26. The summed E-state index contributed by atoms with van der Waals surface area (Å²) in [6.45, 7) is 2.15. The first kappa shape index (κ1) is 12.6. The minimum atomic E-state index is -4.38. The first-order chi connectivity index (χ1) is 7.38. The molecule has 16 heavy (non-hydrogen) atoms. The van der Waals surface area contributed by atoms with Gasteiger partial charge in [-0.1, -0.05) is 0 Å². The van der Waals surface area contributed by atoms with Gasteiger partial charge in [0.2, 0.25) is 0 Å². The van der Waals surface area contributed by atoms with E-state index in [1.165, 1.54) is 12.3 Å². The molecule has 0 aliphatic carbocycles. The van der Waals surface area contributed by atoms with Crippen molar-refractivity contribution in [2.24, 2.45) is 0 Å². The summed E-state index contributed by atoms with van der Waals surface area (Å²) < 4.78 is 45.6. The second-order valence-electron chi connectivity index (χ2n) is 3.38. The molecule has 0 aliphatic rings. The van der Waals surface area contributed by atoms with Crippen molar-refractivity contribution >= 4 is 0 Å². The summed E-state index contributed by atoms with van der Waals surface area (Å²) >= 11 is 0. The second kappa shape index (κ2) is 5.05. The van der Waals surface area contributed by atoms with Crippen LogP contribution in [0.15, 0.2) is 18.3 Å². The molecule has 3 nitrogen and oxygen atoms in total. The number of ether oxygens (including phenoxy) is 2. The van der Waals surface area contributed by atoms with Crippen molar-refractivity contribution in [3.05, 3.63) is 18.3 Å². The molecule has 1 heterocycles. The fraction of sp³-hybridized carbons (Fsp3) is 0.500. The first-order valence-corrected chi connectivity index (χ1v) is 4.69. The Morgan fingerprint density at radius 3 is 2.62 bits per heavy atom. The smallest absolute Gasteiger partial charge is 0.422 e. The van der Waals surface area contributed by atoms with E-state index >= 15 is 0 Å². The predicted molar refractivity (Wildman–Crippen MR) is 51.6 cm³/mol. The SMILES string of the molecule is CC(C)Oc1cccnc1OCC(F)(F)F. The van der Waals surface area contributed by atoms with E-state index in [1.807, 2.05) is 0 Å². The van der Waals surface area contributed by atoms with Gasteiger partial charge < -0.3 is 9.47 Å². The van der Waals surface area contributed by atoms with Crippen molar-refractivity contribution in [2.45, 2.75) is 26.1 Å². The van der Waals surface area contributed by atoms with Gasteiger partial charge in [-0.15, -0.1) is 0 Å². The maximum absolute atomic E-state index is 11.9. The molecule has 0 spiro atoms. The van der Waals surface area contributed by atoms with Crippen molar-refractivity contribution in [3.8, 4) is 11.6 Å². The molecule has 0 saturated carbocycles. The number of rotatable bonds is 4. The van der Waals surface area contributed by atoms with Gasteiger partial charge in [0.25, 0.3) is 5.88 Å². The standard InChI is InChI=1S/C10H12F3NO2/c1-7(2)16-8-4-3-5-14-9(8)15-6-10(11,12)13/h3-5,7H,6H2,1-2H3. The molecule has 1 aromatic rings. The Bertz CT molecular complexity index is 339. The average Bonchev–Trinajstić information content (AvgIpc) is 2.14. The molecular weight excluding hydrogens is 223 g/mol. The number of hydrogen-bond acceptors (Lipinski definition) is 3. The Morgan fingerprint density at radius 1 is 1.38 bits per heavy atom. The highest BCUT2D eigenvalue weighted by atomic mass is 19.4. The fourth-order valence-corrected chi connectivity index (χ4v) is 0.978. The van der Waals surface area contributed by atoms with Crippen molar-refractivity contribution in [1.29, 1.82) is 0 Å². The monoisotopic (exact) mass is 235 g/mol. The van der Waals surface area contributed by atoms with Gasteiger partial charge in [-0.05, 0) is 26.0 Å². The summed E-state index contributed by atoms with van der Waals surface area (Å²) in [5.74, 6) is 0.0651. The van der Waals surface area contributed by atoms with Crippen LogP contribution >= 0.6 is 0 Å². The summed E-state index contributed by atoms with van der Waals surface area (Å²) in [6.07, 6.45) is -3.19. The maximum Gasteiger partial charge on any atom is 0.422 e. The minimum Gasteiger partial charge on any atom is -0.485 e. The minimum absolute atomic E-state index is 0.145. The number of hydrogen-bond donors (Lipinski definition) is 0. The lowest BCUT2D eigenvalue weighted by atomic mass is 10.4. The van der Waals surface area contributed by atoms with Crippen molar-refractivity contribution < 1.29 is 22.6 Å². The molecule has 0 aromatic carbocycles. The molecule has 90 valence electrons. The maximum atomic E-state index is 11.9. The van der Waals surface area contributed by atoms with Gasteiger partial charge >= 0.3 is 6.18 Å². The van der Waals surface area contributed by atoms with Crippen molar-refractivity contribution in [1.82, 2.24) is 4.98 Å². The zero-order valence-corrected chi connectivity index (χ0v) is 8.91. The predicted octanol–water partition coefficient (Wildman–Crippen LogP) is 2.81. The first-order valence-electron chi connectivity index (χ1n) is 4.69. The second-order valence-corrected chi connectivity index (χ2v) is 3.38. The summed E-state index contributed by atoms with van der Waals surface area (Å²) in [7, 11) is 0. The molecule has 6 heteroatoms. The Morgan fingerprint density at radius 2 is 2.06 bits per heavy atom. The lowest BCUT2D eigenvalue weighted by Gasteiger charge is -2.14. The molecule has 0 bridgehead atoms. The number of aromatic nitrogens is 1. The Hall–Kier alpha value is -1.46. The van der Waals surface area contributed by atoms with E-state index in [4.69, 9.17) is 4.74 Å². The molecular formula is C10H12F3NO2. The number of halogens is 3. The molecule has 0 aliphatic heterocycles. The average molecular weight is 235 g/mol. The van der Waals surface area contributed by atoms with Crippen molar-refractivity contribution in [3.63, 3.8) is 0 Å². The van der Waals surface area contributed by atoms with Crippen LogP contribution in [0, 0.1) is 0 Å². The van der Waals surface area contributed by atoms with Crippen LogP contribution in [0.3, 0.4) is 0 Å². The van der Waals surface area contributed by atoms with E-state index in [0.29, 0.717) is 0 Å². The summed E-state index contributed by atoms with van der Waals surface area (Å²) in [6, 6.07) is 3.08. The molecule has 0 N–H and O–H groups in total. The van der Waals surface area contributed by atoms with Gasteiger partial charge in [0.15, 0.2) is 12.4 Å². The Labute approximate surface area is 91.2 Å². The fourth-order valence-electron chi connectivity index (χ4n) is 0.978. The topological polar surface area (TPSA) is 31.4 Å². The van der Waals surface area contributed by atoms with Gasteiger partial charge in [0.1, 0.15) is 0 Å². The quantitative estimate of drug-likeness (QED) is 0.804. The van der Waals surface area contributed by atoms with Gasteiger partial charge in [-0.2, -0.15) is 13.2 Å². The highest BCUT2D eigenvalue weighted by Gasteiger charge is 2.29. The molecule has 1 rings (SSSR count). The Balaban J connectivity index is 2.71. The third-order valence-corrected chi connectivity index (χ3v) is 1.47. The van der Waals surface area contributed by atoms with Crippen LogP contribution in [-0.2, 0) is 0 Å². The van der Waals surface area contributed by atoms with E-state index in [-0.39, 0.29) is 17.7 Å². The third-order valence-electron chi connectivity index (χ3n) is 1.47. The molecule has 1 aromatic heterocycles. The zero-order chi connectivity index (χ0) is 12.2. The van der Waals surface area contributed by atoms with Crippen LogP contribution < -0.4 is 9.47 Å². The van der Waals surface area contributed by atoms with Crippen LogP contribution in [0.4, 0.5) is 13.2 Å².